The molecule has 0 spiro atoms. The Morgan fingerprint density at radius 1 is 1.00 bits per heavy atom. The van der Waals surface area contributed by atoms with Crippen LogP contribution in [0, 0.1) is 0 Å². The van der Waals surface area contributed by atoms with Gasteiger partial charge >= 0.3 is 0 Å². The van der Waals surface area contributed by atoms with Gasteiger partial charge in [-0.25, -0.2) is 0 Å². The molecule has 0 aromatic heterocycles. The van der Waals surface area contributed by atoms with Gasteiger partial charge in [-0.3, -0.25) is 9.59 Å². The number of nitrogens with zero attached hydrogens (tertiary/aromatic N) is 1. The first kappa shape index (κ1) is 22.2. The van der Waals surface area contributed by atoms with Gasteiger partial charge in [-0.05, 0) is 34.7 Å². The second-order valence-corrected chi connectivity index (χ2v) is 9.88. The van der Waals surface area contributed by atoms with Gasteiger partial charge in [-0.2, -0.15) is 0 Å². The number of para-hydroxylation sites is 1. The Balaban J connectivity index is 1.42. The van der Waals surface area contributed by atoms with Gasteiger partial charge in [0.05, 0.1) is 18.7 Å². The zero-order valence-corrected chi connectivity index (χ0v) is 19.5. The van der Waals surface area contributed by atoms with Gasteiger partial charge in [-0.1, -0.05) is 69.3 Å². The Morgan fingerprint density at radius 2 is 1.71 bits per heavy atom. The standard InChI is InChI=1S/C28H27NO5/c1-27(2,3)20-11-9-19(10-12-20)23(30)15-28(32)21-6-4-5-7-22(21)29(26(28)31)16-18-8-13-24-25(14-18)34-17-33-24/h4-14,32H,15-17H2,1-3H3/t28-/m1/s1. The molecule has 6 nitrogen and oxygen atoms in total. The van der Waals surface area contributed by atoms with Crippen LogP contribution in [0.5, 0.6) is 11.5 Å². The second-order valence-electron chi connectivity index (χ2n) is 9.88. The fourth-order valence-electron chi connectivity index (χ4n) is 4.55. The predicted molar refractivity (Wildman–Crippen MR) is 128 cm³/mol. The smallest absolute Gasteiger partial charge is 0.264 e. The van der Waals surface area contributed by atoms with Crippen molar-refractivity contribution < 1.29 is 24.2 Å². The highest BCUT2D eigenvalue weighted by Gasteiger charge is 2.50. The molecule has 0 bridgehead atoms. The number of benzene rings is 3. The molecule has 0 aliphatic carbocycles. The number of Topliss-reactive ketones (excluding diaryl/α,β-unsaturated/α-hetero) is 1. The molecular formula is C28H27NO5. The van der Waals surface area contributed by atoms with Crippen molar-refractivity contribution in [2.75, 3.05) is 11.7 Å². The molecule has 1 amide bonds. The SMILES string of the molecule is CC(C)(C)c1ccc(C(=O)C[C@]2(O)C(=O)N(Cc3ccc4c(c3)OCO4)c3ccccc32)cc1. The van der Waals surface area contributed by atoms with Crippen molar-refractivity contribution >= 4 is 17.4 Å². The fourth-order valence-corrected chi connectivity index (χ4v) is 4.55. The van der Waals surface area contributed by atoms with Crippen molar-refractivity contribution in [3.05, 3.63) is 89.0 Å². The van der Waals surface area contributed by atoms with E-state index in [1.54, 1.807) is 36.4 Å². The van der Waals surface area contributed by atoms with E-state index in [1.165, 1.54) is 4.90 Å². The summed E-state index contributed by atoms with van der Waals surface area (Å²) in [4.78, 5) is 28.2. The van der Waals surface area contributed by atoms with E-state index < -0.39 is 11.5 Å². The van der Waals surface area contributed by atoms with Crippen LogP contribution in [0.15, 0.2) is 66.7 Å². The number of hydrogen-bond donors (Lipinski definition) is 1. The minimum Gasteiger partial charge on any atom is -0.454 e. The number of aliphatic hydroxyl groups is 1. The van der Waals surface area contributed by atoms with Crippen molar-refractivity contribution in [3.63, 3.8) is 0 Å². The first-order valence-corrected chi connectivity index (χ1v) is 11.3. The molecule has 2 aliphatic rings. The van der Waals surface area contributed by atoms with Crippen molar-refractivity contribution in [2.24, 2.45) is 0 Å². The van der Waals surface area contributed by atoms with Crippen molar-refractivity contribution in [1.29, 1.82) is 0 Å². The fraction of sp³-hybridized carbons (Fsp3) is 0.286. The Kier molecular flexibility index (Phi) is 5.21. The number of anilines is 1. The molecule has 2 aliphatic heterocycles. The maximum absolute atomic E-state index is 13.5. The molecule has 174 valence electrons. The Bertz CT molecular complexity index is 1270. The molecule has 0 saturated carbocycles. The lowest BCUT2D eigenvalue weighted by molar-refractivity contribution is -0.136. The van der Waals surface area contributed by atoms with Crippen LogP contribution in [-0.2, 0) is 22.4 Å². The van der Waals surface area contributed by atoms with Crippen LogP contribution >= 0.6 is 0 Å². The summed E-state index contributed by atoms with van der Waals surface area (Å²) in [5.41, 5.74) is 1.51. The van der Waals surface area contributed by atoms with Crippen LogP contribution in [-0.4, -0.2) is 23.6 Å². The number of carbonyl (C=O) groups is 2. The lowest BCUT2D eigenvalue weighted by Gasteiger charge is -2.23. The Hall–Kier alpha value is -3.64. The van der Waals surface area contributed by atoms with Crippen LogP contribution in [0.3, 0.4) is 0 Å². The van der Waals surface area contributed by atoms with Crippen LogP contribution in [0.1, 0.15) is 54.2 Å². The minimum absolute atomic E-state index is 0.0324. The number of ketones is 1. The number of hydrogen-bond acceptors (Lipinski definition) is 5. The highest BCUT2D eigenvalue weighted by atomic mass is 16.7. The molecule has 0 fully saturated rings. The topological polar surface area (TPSA) is 76.1 Å². The molecule has 34 heavy (non-hydrogen) atoms. The van der Waals surface area contributed by atoms with E-state index in [9.17, 15) is 14.7 Å². The zero-order valence-electron chi connectivity index (χ0n) is 19.5. The number of amides is 1. The lowest BCUT2D eigenvalue weighted by Crippen LogP contribution is -2.41. The second kappa shape index (κ2) is 7.99. The maximum atomic E-state index is 13.5. The normalized spacial score (nSPS) is 18.8. The number of carbonyl (C=O) groups excluding carboxylic acids is 2. The Labute approximate surface area is 198 Å². The van der Waals surface area contributed by atoms with E-state index in [4.69, 9.17) is 9.47 Å². The zero-order chi connectivity index (χ0) is 24.1. The molecule has 3 aromatic carbocycles. The molecule has 1 N–H and O–H groups in total. The monoisotopic (exact) mass is 457 g/mol. The lowest BCUT2D eigenvalue weighted by atomic mass is 9.85. The van der Waals surface area contributed by atoms with Crippen molar-refractivity contribution in [2.45, 2.75) is 44.8 Å². The van der Waals surface area contributed by atoms with Crippen molar-refractivity contribution in [1.82, 2.24) is 0 Å². The number of fused-ring (bicyclic) bond motifs is 2. The van der Waals surface area contributed by atoms with Crippen LogP contribution in [0.25, 0.3) is 0 Å². The van der Waals surface area contributed by atoms with E-state index in [1.807, 2.05) is 30.3 Å². The van der Waals surface area contributed by atoms with Crippen molar-refractivity contribution in [3.8, 4) is 11.5 Å². The number of ether oxygens (including phenoxy) is 2. The molecule has 2 heterocycles. The third-order valence-electron chi connectivity index (χ3n) is 6.51. The molecule has 3 aromatic rings. The van der Waals surface area contributed by atoms with Gasteiger partial charge < -0.3 is 19.5 Å². The largest absolute Gasteiger partial charge is 0.454 e. The maximum Gasteiger partial charge on any atom is 0.264 e. The highest BCUT2D eigenvalue weighted by Crippen LogP contribution is 2.44. The summed E-state index contributed by atoms with van der Waals surface area (Å²) in [5, 5.41) is 11.6. The van der Waals surface area contributed by atoms with E-state index in [0.717, 1.165) is 11.1 Å². The van der Waals surface area contributed by atoms with E-state index in [2.05, 4.69) is 20.8 Å². The first-order valence-electron chi connectivity index (χ1n) is 11.3. The van der Waals surface area contributed by atoms with Gasteiger partial charge in [0.2, 0.25) is 6.79 Å². The summed E-state index contributed by atoms with van der Waals surface area (Å²) in [6.45, 7) is 6.73. The predicted octanol–water partition coefficient (Wildman–Crippen LogP) is 4.72. The van der Waals surface area contributed by atoms with Gasteiger partial charge in [0.15, 0.2) is 22.9 Å². The summed E-state index contributed by atoms with van der Waals surface area (Å²) < 4.78 is 10.8. The van der Waals surface area contributed by atoms with E-state index >= 15 is 0 Å². The van der Waals surface area contributed by atoms with Crippen LogP contribution in [0.2, 0.25) is 0 Å². The average molecular weight is 458 g/mol. The summed E-state index contributed by atoms with van der Waals surface area (Å²) in [7, 11) is 0. The third kappa shape index (κ3) is 3.74. The van der Waals surface area contributed by atoms with Gasteiger partial charge in [-0.15, -0.1) is 0 Å². The van der Waals surface area contributed by atoms with E-state index in [0.29, 0.717) is 28.3 Å². The molecule has 1 atom stereocenters. The molecular weight excluding hydrogens is 430 g/mol. The molecule has 0 saturated heterocycles. The molecule has 6 heteroatoms. The van der Waals surface area contributed by atoms with Crippen LogP contribution in [0.4, 0.5) is 5.69 Å². The molecule has 0 radical (unpaired) electrons. The number of rotatable bonds is 5. The third-order valence-corrected chi connectivity index (χ3v) is 6.51. The quantitative estimate of drug-likeness (QED) is 0.561. The van der Waals surface area contributed by atoms with Gasteiger partial charge in [0.25, 0.3) is 5.91 Å². The molecule has 5 rings (SSSR count). The van der Waals surface area contributed by atoms with Gasteiger partial charge in [0, 0.05) is 11.1 Å². The van der Waals surface area contributed by atoms with Gasteiger partial charge in [0.1, 0.15) is 0 Å². The highest BCUT2D eigenvalue weighted by molar-refractivity contribution is 6.10. The summed E-state index contributed by atoms with van der Waals surface area (Å²) in [5.74, 6) is 0.500. The summed E-state index contributed by atoms with van der Waals surface area (Å²) in [6, 6.07) is 20.0. The minimum atomic E-state index is -1.92. The first-order chi connectivity index (χ1) is 16.2. The summed E-state index contributed by atoms with van der Waals surface area (Å²) in [6.07, 6.45) is -0.324. The summed E-state index contributed by atoms with van der Waals surface area (Å²) >= 11 is 0. The molecule has 0 unspecified atom stereocenters. The van der Waals surface area contributed by atoms with Crippen LogP contribution < -0.4 is 14.4 Å². The Morgan fingerprint density at radius 3 is 2.44 bits per heavy atom. The van der Waals surface area contributed by atoms with E-state index in [-0.39, 0.29) is 31.0 Å². The average Bonchev–Trinajstić information content (AvgIpc) is 3.36.